The van der Waals surface area contributed by atoms with E-state index in [1.54, 1.807) is 17.0 Å². The molecule has 0 bridgehead atoms. The number of hydrogen-bond acceptors (Lipinski definition) is 8. The highest BCUT2D eigenvalue weighted by Gasteiger charge is 2.39. The van der Waals surface area contributed by atoms with E-state index >= 15 is 0 Å². The molecule has 2 aromatic rings. The number of nitrogens with zero attached hydrogens (tertiary/aromatic N) is 3. The minimum absolute atomic E-state index is 0.0884. The first-order chi connectivity index (χ1) is 15.1. The number of rotatable bonds is 3. The number of carbonyl (C=O) groups is 4. The van der Waals surface area contributed by atoms with Crippen LogP contribution in [-0.2, 0) is 9.57 Å². The number of carbonyl (C=O) groups excluding carboxylic acids is 4. The number of hydrogen-bond donors (Lipinski definition) is 0. The number of ether oxygens (including phenoxy) is 1. The van der Waals surface area contributed by atoms with Crippen molar-refractivity contribution in [1.29, 1.82) is 0 Å². The summed E-state index contributed by atoms with van der Waals surface area (Å²) in [5, 5.41) is 0.425. The minimum Gasteiger partial charge on any atom is -0.444 e. The molecule has 2 aliphatic heterocycles. The third-order valence-corrected chi connectivity index (χ3v) is 5.15. The maximum absolute atomic E-state index is 12.4. The molecule has 0 saturated carbocycles. The van der Waals surface area contributed by atoms with Crippen LogP contribution in [0.3, 0.4) is 0 Å². The van der Waals surface area contributed by atoms with E-state index in [0.717, 1.165) is 0 Å². The lowest BCUT2D eigenvalue weighted by Gasteiger charge is -2.32. The number of aromatic nitrogens is 1. The molecule has 0 N–H and O–H groups in total. The SMILES string of the molecule is CC(C)(C)OC(=O)N1CCC(c2ncc(C(=O)ON3C(=O)c4ccccc4C3=O)o2)CC1. The number of fused-ring (bicyclic) bond motifs is 1. The topological polar surface area (TPSA) is 119 Å². The van der Waals surface area contributed by atoms with E-state index in [1.807, 2.05) is 20.8 Å². The Kier molecular flexibility index (Phi) is 5.45. The Labute approximate surface area is 184 Å². The second kappa shape index (κ2) is 8.10. The second-order valence-corrected chi connectivity index (χ2v) is 8.63. The first-order valence-corrected chi connectivity index (χ1v) is 10.3. The van der Waals surface area contributed by atoms with Crippen LogP contribution in [0.2, 0.25) is 0 Å². The van der Waals surface area contributed by atoms with Crippen molar-refractivity contribution in [2.24, 2.45) is 0 Å². The van der Waals surface area contributed by atoms with E-state index in [-0.39, 0.29) is 28.9 Å². The largest absolute Gasteiger partial charge is 0.444 e. The van der Waals surface area contributed by atoms with Crippen LogP contribution in [0.15, 0.2) is 34.9 Å². The molecular weight excluding hydrogens is 418 g/mol. The van der Waals surface area contributed by atoms with Gasteiger partial charge in [-0.2, -0.15) is 0 Å². The van der Waals surface area contributed by atoms with Gasteiger partial charge in [0.1, 0.15) is 5.60 Å². The molecule has 1 fully saturated rings. The molecule has 1 aromatic carbocycles. The maximum atomic E-state index is 12.4. The monoisotopic (exact) mass is 441 g/mol. The van der Waals surface area contributed by atoms with Crippen molar-refractivity contribution in [1.82, 2.24) is 14.9 Å². The average molecular weight is 441 g/mol. The zero-order chi connectivity index (χ0) is 23.0. The van der Waals surface area contributed by atoms with Crippen LogP contribution in [0.1, 0.15) is 76.7 Å². The minimum atomic E-state index is -0.996. The first kappa shape index (κ1) is 21.5. The number of likely N-dealkylation sites (tertiary alicyclic amines) is 1. The van der Waals surface area contributed by atoms with Gasteiger partial charge < -0.3 is 18.9 Å². The second-order valence-electron chi connectivity index (χ2n) is 8.63. The van der Waals surface area contributed by atoms with Gasteiger partial charge in [0, 0.05) is 19.0 Å². The zero-order valence-electron chi connectivity index (χ0n) is 18.0. The van der Waals surface area contributed by atoms with Gasteiger partial charge in [0.05, 0.1) is 17.3 Å². The molecule has 1 aromatic heterocycles. The summed E-state index contributed by atoms with van der Waals surface area (Å²) >= 11 is 0. The average Bonchev–Trinajstić information content (AvgIpc) is 3.33. The predicted octanol–water partition coefficient (Wildman–Crippen LogP) is 3.16. The molecule has 4 rings (SSSR count). The number of hydroxylamine groups is 2. The zero-order valence-corrected chi connectivity index (χ0v) is 18.0. The van der Waals surface area contributed by atoms with Crippen molar-refractivity contribution in [3.05, 3.63) is 53.2 Å². The lowest BCUT2D eigenvalue weighted by atomic mass is 9.97. The molecule has 2 aliphatic rings. The highest BCUT2D eigenvalue weighted by atomic mass is 16.7. The van der Waals surface area contributed by atoms with Gasteiger partial charge in [0.25, 0.3) is 11.8 Å². The third kappa shape index (κ3) is 4.20. The van der Waals surface area contributed by atoms with Gasteiger partial charge in [-0.1, -0.05) is 17.2 Å². The normalized spacial score (nSPS) is 16.8. The summed E-state index contributed by atoms with van der Waals surface area (Å²) in [5.41, 5.74) is -0.230. The summed E-state index contributed by atoms with van der Waals surface area (Å²) in [4.78, 5) is 60.1. The van der Waals surface area contributed by atoms with Gasteiger partial charge in [-0.15, -0.1) is 0 Å². The molecule has 10 heteroatoms. The van der Waals surface area contributed by atoms with Gasteiger partial charge >= 0.3 is 12.1 Å². The molecule has 1 saturated heterocycles. The van der Waals surface area contributed by atoms with Crippen LogP contribution in [0.25, 0.3) is 0 Å². The van der Waals surface area contributed by atoms with Crippen molar-refractivity contribution in [3.63, 3.8) is 0 Å². The fourth-order valence-electron chi connectivity index (χ4n) is 3.58. The van der Waals surface area contributed by atoms with Crippen LogP contribution < -0.4 is 0 Å². The highest BCUT2D eigenvalue weighted by molar-refractivity contribution is 6.21. The Morgan fingerprint density at radius 2 is 1.66 bits per heavy atom. The van der Waals surface area contributed by atoms with E-state index < -0.39 is 23.4 Å². The van der Waals surface area contributed by atoms with Crippen molar-refractivity contribution < 1.29 is 33.2 Å². The molecule has 10 nitrogen and oxygen atoms in total. The van der Waals surface area contributed by atoms with Crippen molar-refractivity contribution >= 4 is 23.9 Å². The van der Waals surface area contributed by atoms with Crippen LogP contribution in [0.5, 0.6) is 0 Å². The van der Waals surface area contributed by atoms with Gasteiger partial charge in [-0.05, 0) is 45.7 Å². The third-order valence-electron chi connectivity index (χ3n) is 5.15. The molecule has 3 amide bonds. The number of imide groups is 1. The van der Waals surface area contributed by atoms with Gasteiger partial charge in [-0.3, -0.25) is 9.59 Å². The van der Waals surface area contributed by atoms with Crippen LogP contribution in [-0.4, -0.2) is 57.5 Å². The fraction of sp³-hybridized carbons (Fsp3) is 0.409. The molecule has 168 valence electrons. The quantitative estimate of drug-likeness (QED) is 0.667. The van der Waals surface area contributed by atoms with E-state index in [0.29, 0.717) is 36.9 Å². The van der Waals surface area contributed by atoms with Crippen molar-refractivity contribution in [2.45, 2.75) is 45.1 Å². The van der Waals surface area contributed by atoms with Crippen LogP contribution in [0.4, 0.5) is 4.79 Å². The number of piperidine rings is 1. The van der Waals surface area contributed by atoms with Crippen LogP contribution >= 0.6 is 0 Å². The van der Waals surface area contributed by atoms with E-state index in [2.05, 4.69) is 4.98 Å². The predicted molar refractivity (Wildman–Crippen MR) is 109 cm³/mol. The fourth-order valence-corrected chi connectivity index (χ4v) is 3.58. The van der Waals surface area contributed by atoms with E-state index in [9.17, 15) is 19.2 Å². The van der Waals surface area contributed by atoms with Crippen molar-refractivity contribution in [3.8, 4) is 0 Å². The Bertz CT molecular complexity index is 1040. The first-order valence-electron chi connectivity index (χ1n) is 10.3. The van der Waals surface area contributed by atoms with E-state index in [4.69, 9.17) is 14.0 Å². The molecule has 32 heavy (non-hydrogen) atoms. The summed E-state index contributed by atoms with van der Waals surface area (Å²) in [6, 6.07) is 6.21. The van der Waals surface area contributed by atoms with Crippen LogP contribution in [0, 0.1) is 0 Å². The lowest BCUT2D eigenvalue weighted by Crippen LogP contribution is -2.41. The standard InChI is InChI=1S/C22H23N3O7/c1-22(2,3)31-21(29)24-10-8-13(9-11-24)17-23-12-16(30-17)20(28)32-25-18(26)14-6-4-5-7-15(14)19(25)27/h4-7,12-13H,8-11H2,1-3H3. The Balaban J connectivity index is 1.36. The summed E-state index contributed by atoms with van der Waals surface area (Å²) in [6.45, 7) is 6.38. The molecule has 0 unspecified atom stereocenters. The molecule has 0 atom stereocenters. The Morgan fingerprint density at radius 3 is 2.22 bits per heavy atom. The van der Waals surface area contributed by atoms with Gasteiger partial charge in [-0.25, -0.2) is 14.6 Å². The smallest absolute Gasteiger partial charge is 0.410 e. The molecule has 0 spiro atoms. The van der Waals surface area contributed by atoms with Gasteiger partial charge in [0.2, 0.25) is 5.76 Å². The number of amides is 3. The summed E-state index contributed by atoms with van der Waals surface area (Å²) in [6.07, 6.45) is 2.02. The van der Waals surface area contributed by atoms with Gasteiger partial charge in [0.15, 0.2) is 5.89 Å². The maximum Gasteiger partial charge on any atom is 0.410 e. The molecular formula is C22H23N3O7. The number of benzene rings is 1. The molecule has 0 radical (unpaired) electrons. The molecule has 0 aliphatic carbocycles. The lowest BCUT2D eigenvalue weighted by molar-refractivity contribution is -0.0604. The highest BCUT2D eigenvalue weighted by Crippen LogP contribution is 2.29. The Hall–Kier alpha value is -3.69. The Morgan fingerprint density at radius 1 is 1.06 bits per heavy atom. The summed E-state index contributed by atoms with van der Waals surface area (Å²) in [5.74, 6) is -2.39. The summed E-state index contributed by atoms with van der Waals surface area (Å²) < 4.78 is 10.9. The summed E-state index contributed by atoms with van der Waals surface area (Å²) in [7, 11) is 0. The van der Waals surface area contributed by atoms with Crippen molar-refractivity contribution in [2.75, 3.05) is 13.1 Å². The van der Waals surface area contributed by atoms with E-state index in [1.165, 1.54) is 18.3 Å². The number of oxazole rings is 1. The molecule has 3 heterocycles.